The first kappa shape index (κ1) is 14.2. The van der Waals surface area contributed by atoms with Crippen LogP contribution in [0.1, 0.15) is 12.8 Å². The van der Waals surface area contributed by atoms with Gasteiger partial charge in [-0.25, -0.2) is 4.52 Å². The molecule has 1 aromatic rings. The predicted molar refractivity (Wildman–Crippen MR) is 63.8 cm³/mol. The van der Waals surface area contributed by atoms with Crippen LogP contribution in [-0.2, 0) is 4.57 Å². The molecule has 0 heterocycles. The van der Waals surface area contributed by atoms with Gasteiger partial charge in [-0.2, -0.15) is 0 Å². The Labute approximate surface area is 96.4 Å². The molecule has 0 saturated heterocycles. The van der Waals surface area contributed by atoms with Crippen molar-refractivity contribution >= 4 is 8.25 Å². The first-order chi connectivity index (χ1) is 7.70. The molecule has 1 atom stereocenters. The van der Waals surface area contributed by atoms with E-state index in [1.165, 1.54) is 0 Å². The average Bonchev–Trinajstić information content (AvgIpc) is 2.28. The van der Waals surface area contributed by atoms with Crippen LogP contribution in [0.15, 0.2) is 30.3 Å². The molecule has 1 rings (SSSR count). The van der Waals surface area contributed by atoms with E-state index in [1.807, 2.05) is 0 Å². The van der Waals surface area contributed by atoms with Crippen molar-refractivity contribution in [1.82, 2.24) is 0 Å². The molecule has 0 bridgehead atoms. The van der Waals surface area contributed by atoms with Crippen molar-refractivity contribution in [1.29, 1.82) is 0 Å². The molecule has 0 saturated carbocycles. The molecular formula is C12H12O3P+. The van der Waals surface area contributed by atoms with E-state index >= 15 is 0 Å². The number of hydrogen-bond donors (Lipinski definition) is 1. The third kappa shape index (κ3) is 8.78. The summed E-state index contributed by atoms with van der Waals surface area (Å²) in [5.41, 5.74) is 0. The topological polar surface area (TPSA) is 46.5 Å². The molecule has 82 valence electrons. The van der Waals surface area contributed by atoms with Gasteiger partial charge in [-0.15, -0.1) is 29.6 Å². The Hall–Kier alpha value is -1.80. The van der Waals surface area contributed by atoms with Crippen molar-refractivity contribution in [3.05, 3.63) is 30.3 Å². The third-order valence-corrected chi connectivity index (χ3v) is 1.71. The van der Waals surface area contributed by atoms with Gasteiger partial charge in [0.2, 0.25) is 0 Å². The predicted octanol–water partition coefficient (Wildman–Crippen LogP) is 2.75. The minimum absolute atomic E-state index is 0.408. The van der Waals surface area contributed by atoms with Crippen LogP contribution < -0.4 is 4.52 Å². The van der Waals surface area contributed by atoms with Crippen LogP contribution in [0.4, 0.5) is 0 Å². The van der Waals surface area contributed by atoms with E-state index in [-0.39, 0.29) is 0 Å². The van der Waals surface area contributed by atoms with Crippen LogP contribution >= 0.6 is 8.25 Å². The molecule has 0 aliphatic rings. The van der Waals surface area contributed by atoms with E-state index in [2.05, 4.69) is 16.4 Å². The highest BCUT2D eigenvalue weighted by Gasteiger charge is 2.12. The Morgan fingerprint density at radius 1 is 1.19 bits per heavy atom. The maximum absolute atomic E-state index is 10.1. The van der Waals surface area contributed by atoms with Crippen molar-refractivity contribution in [3.63, 3.8) is 0 Å². The summed E-state index contributed by atoms with van der Waals surface area (Å²) in [5, 5.41) is 0. The standard InChI is InChI=1S/C6H5O3P.C6H6/c7-10(8)9-6-4-2-1-3-5-6;1-3-5-6-4-2/h1-5H;1-2H,5-6H2/p+1. The average molecular weight is 235 g/mol. The van der Waals surface area contributed by atoms with E-state index < -0.39 is 8.25 Å². The molecule has 3 nitrogen and oxygen atoms in total. The minimum Gasteiger partial charge on any atom is -0.229 e. The summed E-state index contributed by atoms with van der Waals surface area (Å²) in [7, 11) is -2.53. The summed E-state index contributed by atoms with van der Waals surface area (Å²) in [6.07, 6.45) is 11.1. The first-order valence-electron chi connectivity index (χ1n) is 4.46. The van der Waals surface area contributed by atoms with Gasteiger partial charge < -0.3 is 0 Å². The van der Waals surface area contributed by atoms with E-state index in [1.54, 1.807) is 30.3 Å². The number of terminal acetylenes is 2. The van der Waals surface area contributed by atoms with Gasteiger partial charge in [0.15, 0.2) is 5.75 Å². The Morgan fingerprint density at radius 2 is 1.69 bits per heavy atom. The smallest absolute Gasteiger partial charge is 0.229 e. The Bertz CT molecular complexity index is 373. The molecule has 4 heteroatoms. The van der Waals surface area contributed by atoms with Crippen LogP contribution in [0.5, 0.6) is 5.75 Å². The van der Waals surface area contributed by atoms with E-state index in [0.29, 0.717) is 18.6 Å². The summed E-state index contributed by atoms with van der Waals surface area (Å²) in [6.45, 7) is 0. The largest absolute Gasteiger partial charge is 0.747 e. The van der Waals surface area contributed by atoms with Crippen LogP contribution in [0.3, 0.4) is 0 Å². The molecule has 0 amide bonds. The highest BCUT2D eigenvalue weighted by Crippen LogP contribution is 2.21. The number of benzene rings is 1. The van der Waals surface area contributed by atoms with Crippen molar-refractivity contribution in [3.8, 4) is 30.4 Å². The van der Waals surface area contributed by atoms with Crippen molar-refractivity contribution in [2.75, 3.05) is 0 Å². The fraction of sp³-hybridized carbons (Fsp3) is 0.167. The fourth-order valence-electron chi connectivity index (χ4n) is 0.716. The molecule has 0 aliphatic heterocycles. The molecule has 0 radical (unpaired) electrons. The second kappa shape index (κ2) is 9.74. The lowest BCUT2D eigenvalue weighted by Crippen LogP contribution is -1.77. The monoisotopic (exact) mass is 235 g/mol. The molecule has 0 aromatic heterocycles. The van der Waals surface area contributed by atoms with Crippen LogP contribution in [-0.4, -0.2) is 4.89 Å². The van der Waals surface area contributed by atoms with Gasteiger partial charge >= 0.3 is 8.25 Å². The first-order valence-corrected chi connectivity index (χ1v) is 5.59. The summed E-state index contributed by atoms with van der Waals surface area (Å²) >= 11 is 0. The molecule has 0 aliphatic carbocycles. The van der Waals surface area contributed by atoms with Crippen LogP contribution in [0.25, 0.3) is 0 Å². The second-order valence-corrected chi connectivity index (χ2v) is 3.21. The van der Waals surface area contributed by atoms with Crippen molar-refractivity contribution in [2.45, 2.75) is 12.8 Å². The zero-order valence-electron chi connectivity index (χ0n) is 8.67. The zero-order valence-corrected chi connectivity index (χ0v) is 9.56. The lowest BCUT2D eigenvalue weighted by Gasteiger charge is -1.86. The lowest BCUT2D eigenvalue weighted by atomic mass is 10.3. The van der Waals surface area contributed by atoms with Gasteiger partial charge in [0, 0.05) is 17.4 Å². The summed E-state index contributed by atoms with van der Waals surface area (Å²) in [5.74, 6) is 5.26. The van der Waals surface area contributed by atoms with Gasteiger partial charge in [0.25, 0.3) is 0 Å². The molecule has 1 aromatic carbocycles. The van der Waals surface area contributed by atoms with E-state index in [0.717, 1.165) is 0 Å². The van der Waals surface area contributed by atoms with Gasteiger partial charge in [0.1, 0.15) is 0 Å². The fourth-order valence-corrected chi connectivity index (χ4v) is 1.02. The summed E-state index contributed by atoms with van der Waals surface area (Å²) in [4.78, 5) is 8.29. The van der Waals surface area contributed by atoms with Crippen molar-refractivity contribution in [2.24, 2.45) is 0 Å². The minimum atomic E-state index is -2.53. The number of hydrogen-bond acceptors (Lipinski definition) is 2. The molecule has 1 N–H and O–H groups in total. The van der Waals surface area contributed by atoms with Gasteiger partial charge in [-0.1, -0.05) is 18.2 Å². The Morgan fingerprint density at radius 3 is 2.06 bits per heavy atom. The van der Waals surface area contributed by atoms with Gasteiger partial charge in [0.05, 0.1) is 0 Å². The number of unbranched alkanes of at least 4 members (excludes halogenated alkanes) is 1. The lowest BCUT2D eigenvalue weighted by molar-refractivity contribution is 0.410. The molecular weight excluding hydrogens is 223 g/mol. The Kier molecular flexibility index (Phi) is 8.65. The highest BCUT2D eigenvalue weighted by molar-refractivity contribution is 7.32. The third-order valence-electron chi connectivity index (χ3n) is 1.34. The van der Waals surface area contributed by atoms with E-state index in [4.69, 9.17) is 17.7 Å². The van der Waals surface area contributed by atoms with E-state index in [9.17, 15) is 4.57 Å². The molecule has 1 unspecified atom stereocenters. The number of para-hydroxylation sites is 1. The zero-order chi connectivity index (χ0) is 12.2. The normalized spacial score (nSPS) is 8.81. The molecule has 0 spiro atoms. The maximum Gasteiger partial charge on any atom is 0.747 e. The second-order valence-electron chi connectivity index (χ2n) is 2.55. The SMILES string of the molecule is C#CCCC#C.O=[P+](O)Oc1ccccc1. The van der Waals surface area contributed by atoms with Crippen LogP contribution in [0.2, 0.25) is 0 Å². The van der Waals surface area contributed by atoms with Crippen LogP contribution in [0, 0.1) is 24.7 Å². The highest BCUT2D eigenvalue weighted by atomic mass is 31.1. The maximum atomic E-state index is 10.1. The molecule has 0 fully saturated rings. The van der Waals surface area contributed by atoms with Gasteiger partial charge in [-0.05, 0) is 12.1 Å². The molecule has 16 heavy (non-hydrogen) atoms. The van der Waals surface area contributed by atoms with Crippen molar-refractivity contribution < 1.29 is 14.0 Å². The van der Waals surface area contributed by atoms with Gasteiger partial charge in [-0.3, -0.25) is 0 Å². The summed E-state index contributed by atoms with van der Waals surface area (Å²) < 4.78 is 14.6. The summed E-state index contributed by atoms with van der Waals surface area (Å²) in [6, 6.07) is 8.49. The quantitative estimate of drug-likeness (QED) is 0.497. The number of rotatable bonds is 3. The Balaban J connectivity index is 0.000000325.